The van der Waals surface area contributed by atoms with Crippen molar-refractivity contribution in [1.29, 1.82) is 5.26 Å². The van der Waals surface area contributed by atoms with Gasteiger partial charge in [-0.05, 0) is 30.7 Å². The van der Waals surface area contributed by atoms with Crippen molar-refractivity contribution in [2.45, 2.75) is 24.7 Å². The molecule has 0 aromatic heterocycles. The van der Waals surface area contributed by atoms with Crippen LogP contribution >= 0.6 is 11.8 Å². The summed E-state index contributed by atoms with van der Waals surface area (Å²) in [5, 5.41) is 12.2. The topological polar surface area (TPSA) is 56.1 Å². The summed E-state index contributed by atoms with van der Waals surface area (Å²) in [6.45, 7) is 3.68. The molecular weight excluding hydrogens is 282 g/mol. The minimum Gasteiger partial charge on any atom is -0.370 e. The van der Waals surface area contributed by atoms with Gasteiger partial charge in [0, 0.05) is 25.0 Å². The largest absolute Gasteiger partial charge is 0.370 e. The number of nitriles is 1. The Morgan fingerprint density at radius 3 is 3.05 bits per heavy atom. The summed E-state index contributed by atoms with van der Waals surface area (Å²) >= 11 is 1.69. The average molecular weight is 303 g/mol. The molecule has 1 heterocycles. The van der Waals surface area contributed by atoms with Crippen molar-refractivity contribution in [3.8, 4) is 6.07 Å². The first kappa shape index (κ1) is 15.7. The minimum atomic E-state index is 0.0118. The highest BCUT2D eigenvalue weighted by molar-refractivity contribution is 7.99. The Hall–Kier alpha value is -1.67. The molecule has 1 aromatic carbocycles. The summed E-state index contributed by atoms with van der Waals surface area (Å²) < 4.78 is 0. The van der Waals surface area contributed by atoms with Crippen molar-refractivity contribution < 1.29 is 4.79 Å². The number of benzene rings is 1. The summed E-state index contributed by atoms with van der Waals surface area (Å²) in [5.41, 5.74) is 1.70. The van der Waals surface area contributed by atoms with Crippen LogP contribution in [0.1, 0.15) is 25.3 Å². The average Bonchev–Trinajstić information content (AvgIpc) is 2.54. The van der Waals surface area contributed by atoms with Crippen LogP contribution in [0.25, 0.3) is 0 Å². The van der Waals surface area contributed by atoms with E-state index >= 15 is 0 Å². The first-order valence-electron chi connectivity index (χ1n) is 7.33. The Morgan fingerprint density at radius 2 is 2.38 bits per heavy atom. The van der Waals surface area contributed by atoms with Crippen molar-refractivity contribution >= 4 is 23.4 Å². The zero-order valence-corrected chi connectivity index (χ0v) is 13.4. The molecule has 1 aliphatic rings. The van der Waals surface area contributed by atoms with Gasteiger partial charge in [-0.3, -0.25) is 4.79 Å². The molecule has 1 atom stereocenters. The van der Waals surface area contributed by atoms with E-state index in [4.69, 9.17) is 0 Å². The maximum Gasteiger partial charge on any atom is 0.224 e. The molecule has 0 aliphatic carbocycles. The van der Waals surface area contributed by atoms with Gasteiger partial charge in [-0.15, -0.1) is 11.8 Å². The number of anilines is 1. The standard InChI is InChI=1S/C16H21N3OS/c1-3-21-15-8-4-7-14(13(15)10-17)19-9-5-6-12(11-19)16(20)18-2/h4,7-8,12H,3,5-6,9,11H2,1-2H3,(H,18,20). The molecule has 5 heteroatoms. The van der Waals surface area contributed by atoms with Crippen LogP contribution in [0.2, 0.25) is 0 Å². The molecular formula is C16H21N3OS. The quantitative estimate of drug-likeness (QED) is 0.869. The van der Waals surface area contributed by atoms with E-state index in [1.807, 2.05) is 18.2 Å². The summed E-state index contributed by atoms with van der Waals surface area (Å²) in [4.78, 5) is 15.1. The van der Waals surface area contributed by atoms with Crippen LogP contribution in [0.5, 0.6) is 0 Å². The Balaban J connectivity index is 2.27. The van der Waals surface area contributed by atoms with Crippen LogP contribution in [-0.2, 0) is 4.79 Å². The third-order valence-electron chi connectivity index (χ3n) is 3.80. The maximum atomic E-state index is 11.9. The Morgan fingerprint density at radius 1 is 1.57 bits per heavy atom. The molecule has 1 aromatic rings. The predicted octanol–water partition coefficient (Wildman–Crippen LogP) is 2.63. The molecule has 1 unspecified atom stereocenters. The van der Waals surface area contributed by atoms with E-state index in [0.29, 0.717) is 6.54 Å². The molecule has 1 aliphatic heterocycles. The molecule has 0 radical (unpaired) electrons. The lowest BCUT2D eigenvalue weighted by Gasteiger charge is -2.34. The van der Waals surface area contributed by atoms with E-state index in [0.717, 1.165) is 41.3 Å². The summed E-state index contributed by atoms with van der Waals surface area (Å²) in [7, 11) is 1.68. The van der Waals surface area contributed by atoms with E-state index in [1.165, 1.54) is 0 Å². The summed E-state index contributed by atoms with van der Waals surface area (Å²) in [6.07, 6.45) is 1.90. The van der Waals surface area contributed by atoms with Crippen LogP contribution in [-0.4, -0.2) is 31.8 Å². The molecule has 1 fully saturated rings. The second-order valence-electron chi connectivity index (χ2n) is 5.09. The normalized spacial score (nSPS) is 18.1. The monoisotopic (exact) mass is 303 g/mol. The molecule has 21 heavy (non-hydrogen) atoms. The number of carbonyl (C=O) groups is 1. The molecule has 112 valence electrons. The van der Waals surface area contributed by atoms with Crippen LogP contribution in [0.3, 0.4) is 0 Å². The van der Waals surface area contributed by atoms with Gasteiger partial charge in [0.2, 0.25) is 5.91 Å². The smallest absolute Gasteiger partial charge is 0.224 e. The second kappa shape index (κ2) is 7.37. The first-order chi connectivity index (χ1) is 10.2. The highest BCUT2D eigenvalue weighted by atomic mass is 32.2. The minimum absolute atomic E-state index is 0.0118. The van der Waals surface area contributed by atoms with E-state index in [2.05, 4.69) is 23.2 Å². The Bertz CT molecular complexity index is 553. The zero-order valence-electron chi connectivity index (χ0n) is 12.6. The van der Waals surface area contributed by atoms with Crippen molar-refractivity contribution in [2.24, 2.45) is 5.92 Å². The number of hydrogen-bond acceptors (Lipinski definition) is 4. The van der Waals surface area contributed by atoms with Crippen LogP contribution in [0.15, 0.2) is 23.1 Å². The number of piperidine rings is 1. The summed E-state index contributed by atoms with van der Waals surface area (Å²) in [5.74, 6) is 1.05. The lowest BCUT2D eigenvalue weighted by Crippen LogP contribution is -2.42. The number of hydrogen-bond donors (Lipinski definition) is 1. The number of carbonyl (C=O) groups excluding carboxylic acids is 1. The van der Waals surface area contributed by atoms with E-state index in [9.17, 15) is 10.1 Å². The van der Waals surface area contributed by atoms with Crippen LogP contribution in [0.4, 0.5) is 5.69 Å². The highest BCUT2D eigenvalue weighted by Gasteiger charge is 2.26. The van der Waals surface area contributed by atoms with Gasteiger partial charge in [0.05, 0.1) is 17.2 Å². The lowest BCUT2D eigenvalue weighted by molar-refractivity contribution is -0.124. The third-order valence-corrected chi connectivity index (χ3v) is 4.74. The summed E-state index contributed by atoms with van der Waals surface area (Å²) in [6, 6.07) is 8.33. The molecule has 1 N–H and O–H groups in total. The number of nitrogens with zero attached hydrogens (tertiary/aromatic N) is 2. The number of rotatable bonds is 4. The Labute approximate surface area is 130 Å². The predicted molar refractivity (Wildman–Crippen MR) is 86.6 cm³/mol. The van der Waals surface area contributed by atoms with Crippen molar-refractivity contribution in [1.82, 2.24) is 5.32 Å². The van der Waals surface area contributed by atoms with Gasteiger partial charge >= 0.3 is 0 Å². The van der Waals surface area contributed by atoms with Crippen LogP contribution < -0.4 is 10.2 Å². The van der Waals surface area contributed by atoms with Gasteiger partial charge in [0.25, 0.3) is 0 Å². The molecule has 4 nitrogen and oxygen atoms in total. The third kappa shape index (κ3) is 3.51. The molecule has 0 saturated carbocycles. The van der Waals surface area contributed by atoms with Gasteiger partial charge in [-0.2, -0.15) is 5.26 Å². The number of nitrogens with one attached hydrogen (secondary N) is 1. The van der Waals surface area contributed by atoms with E-state index in [1.54, 1.807) is 18.8 Å². The zero-order chi connectivity index (χ0) is 15.2. The Kier molecular flexibility index (Phi) is 5.51. The van der Waals surface area contributed by atoms with Crippen LogP contribution in [0, 0.1) is 17.2 Å². The van der Waals surface area contributed by atoms with Gasteiger partial charge in [0.15, 0.2) is 0 Å². The number of amides is 1. The fourth-order valence-corrected chi connectivity index (χ4v) is 3.57. The van der Waals surface area contributed by atoms with Crippen molar-refractivity contribution in [2.75, 3.05) is 30.8 Å². The molecule has 2 rings (SSSR count). The fourth-order valence-electron chi connectivity index (χ4n) is 2.79. The van der Waals surface area contributed by atoms with Crippen molar-refractivity contribution in [3.63, 3.8) is 0 Å². The van der Waals surface area contributed by atoms with E-state index < -0.39 is 0 Å². The van der Waals surface area contributed by atoms with Gasteiger partial charge in [-0.1, -0.05) is 13.0 Å². The molecule has 0 bridgehead atoms. The first-order valence-corrected chi connectivity index (χ1v) is 8.32. The maximum absolute atomic E-state index is 11.9. The highest BCUT2D eigenvalue weighted by Crippen LogP contribution is 2.32. The van der Waals surface area contributed by atoms with Crippen molar-refractivity contribution in [3.05, 3.63) is 23.8 Å². The number of thioether (sulfide) groups is 1. The van der Waals surface area contributed by atoms with E-state index in [-0.39, 0.29) is 11.8 Å². The fraction of sp³-hybridized carbons (Fsp3) is 0.500. The lowest BCUT2D eigenvalue weighted by atomic mass is 9.96. The van der Waals surface area contributed by atoms with Gasteiger partial charge < -0.3 is 10.2 Å². The molecule has 1 saturated heterocycles. The second-order valence-corrected chi connectivity index (χ2v) is 6.40. The molecule has 1 amide bonds. The SMILES string of the molecule is CCSc1cccc(N2CCCC(C(=O)NC)C2)c1C#N. The molecule has 0 spiro atoms. The van der Waals surface area contributed by atoms with Gasteiger partial charge in [-0.25, -0.2) is 0 Å². The van der Waals surface area contributed by atoms with Gasteiger partial charge in [0.1, 0.15) is 6.07 Å².